The first-order valence-electron chi connectivity index (χ1n) is 9.43. The largest absolute Gasteiger partial charge is 0.505 e. The molecule has 0 radical (unpaired) electrons. The molecule has 0 aliphatic heterocycles. The maximum atomic E-state index is 14.0. The summed E-state index contributed by atoms with van der Waals surface area (Å²) in [5.74, 6) is -1.97. The molecular weight excluding hydrogens is 493 g/mol. The Hall–Kier alpha value is -2.30. The first-order valence-corrected chi connectivity index (χ1v) is 10.9. The lowest BCUT2D eigenvalue weighted by Gasteiger charge is -2.27. The van der Waals surface area contributed by atoms with Gasteiger partial charge in [-0.1, -0.05) is 22.0 Å². The number of carbonyl (C=O) groups excluding carboxylic acids is 2. The standard InChI is InChI=1S/C21H23BrFNO6S/c1-2-28-18(9-10-29-19(26)12-31)20(13-3-8-17(25)16(23)11-13)30-21(27)24-15-6-4-14(22)5-7-15/h3-8,11,18,20,25,31H,2,9-10,12H2,1H3,(H,24,27)/t18-,20-/m0/s1. The Morgan fingerprint density at radius 2 is 1.94 bits per heavy atom. The van der Waals surface area contributed by atoms with Crippen LogP contribution < -0.4 is 5.32 Å². The number of benzene rings is 2. The van der Waals surface area contributed by atoms with Crippen molar-refractivity contribution in [2.24, 2.45) is 0 Å². The third-order valence-electron chi connectivity index (χ3n) is 4.14. The Morgan fingerprint density at radius 1 is 1.23 bits per heavy atom. The van der Waals surface area contributed by atoms with Crippen LogP contribution in [0.5, 0.6) is 5.75 Å². The number of phenolic OH excluding ortho intramolecular Hbond substituents is 1. The van der Waals surface area contributed by atoms with Gasteiger partial charge in [-0.25, -0.2) is 9.18 Å². The molecule has 0 saturated heterocycles. The summed E-state index contributed by atoms with van der Waals surface area (Å²) in [6.07, 6.45) is -2.36. The van der Waals surface area contributed by atoms with Crippen LogP contribution in [0.1, 0.15) is 25.0 Å². The average molecular weight is 516 g/mol. The maximum absolute atomic E-state index is 14.0. The molecule has 0 aliphatic rings. The number of phenols is 1. The second-order valence-electron chi connectivity index (χ2n) is 6.33. The third-order valence-corrected chi connectivity index (χ3v) is 4.92. The monoisotopic (exact) mass is 515 g/mol. The number of thiol groups is 1. The van der Waals surface area contributed by atoms with Crippen molar-refractivity contribution in [2.75, 3.05) is 24.3 Å². The molecule has 2 aromatic carbocycles. The quantitative estimate of drug-likeness (QED) is 0.309. The van der Waals surface area contributed by atoms with Crippen molar-refractivity contribution in [3.05, 3.63) is 58.3 Å². The first-order chi connectivity index (χ1) is 14.8. The molecule has 10 heteroatoms. The van der Waals surface area contributed by atoms with E-state index in [-0.39, 0.29) is 31.0 Å². The summed E-state index contributed by atoms with van der Waals surface area (Å²) in [4.78, 5) is 23.9. The lowest BCUT2D eigenvalue weighted by Crippen LogP contribution is -2.30. The van der Waals surface area contributed by atoms with Crippen LogP contribution in [-0.4, -0.2) is 42.2 Å². The van der Waals surface area contributed by atoms with Gasteiger partial charge < -0.3 is 19.3 Å². The fraction of sp³-hybridized carbons (Fsp3) is 0.333. The zero-order valence-electron chi connectivity index (χ0n) is 16.7. The highest BCUT2D eigenvalue weighted by atomic mass is 79.9. The van der Waals surface area contributed by atoms with Crippen molar-refractivity contribution in [3.8, 4) is 5.75 Å². The summed E-state index contributed by atoms with van der Waals surface area (Å²) >= 11 is 7.16. The number of halogens is 2. The fourth-order valence-electron chi connectivity index (χ4n) is 2.73. The molecular formula is C21H23BrFNO6S. The van der Waals surface area contributed by atoms with Gasteiger partial charge in [-0.3, -0.25) is 10.1 Å². The van der Waals surface area contributed by atoms with E-state index in [1.165, 1.54) is 6.07 Å². The van der Waals surface area contributed by atoms with E-state index in [9.17, 15) is 19.1 Å². The molecule has 0 fully saturated rings. The molecule has 0 saturated carbocycles. The third kappa shape index (κ3) is 8.04. The predicted octanol–water partition coefficient (Wildman–Crippen LogP) is 4.85. The van der Waals surface area contributed by atoms with Gasteiger partial charge in [0.1, 0.15) is 6.10 Å². The zero-order chi connectivity index (χ0) is 22.8. The topological polar surface area (TPSA) is 94.1 Å². The van der Waals surface area contributed by atoms with Gasteiger partial charge in [0.2, 0.25) is 0 Å². The Bertz CT molecular complexity index is 883. The lowest BCUT2D eigenvalue weighted by molar-refractivity contribution is -0.142. The van der Waals surface area contributed by atoms with E-state index in [0.717, 1.165) is 16.6 Å². The van der Waals surface area contributed by atoms with E-state index >= 15 is 0 Å². The van der Waals surface area contributed by atoms with E-state index < -0.39 is 35.8 Å². The number of rotatable bonds is 10. The molecule has 1 amide bonds. The van der Waals surface area contributed by atoms with Gasteiger partial charge in [-0.15, -0.1) is 0 Å². The van der Waals surface area contributed by atoms with Crippen LogP contribution in [-0.2, 0) is 19.0 Å². The zero-order valence-corrected chi connectivity index (χ0v) is 19.2. The maximum Gasteiger partial charge on any atom is 0.412 e. The van der Waals surface area contributed by atoms with Crippen molar-refractivity contribution in [1.29, 1.82) is 0 Å². The number of anilines is 1. The number of nitrogens with one attached hydrogen (secondary N) is 1. The fourth-order valence-corrected chi connectivity index (χ4v) is 3.08. The average Bonchev–Trinajstić information content (AvgIpc) is 2.75. The van der Waals surface area contributed by atoms with Crippen molar-refractivity contribution in [3.63, 3.8) is 0 Å². The summed E-state index contributed by atoms with van der Waals surface area (Å²) in [6.45, 7) is 2.03. The molecule has 168 valence electrons. The molecule has 2 aromatic rings. The van der Waals surface area contributed by atoms with Crippen LogP contribution in [0.4, 0.5) is 14.9 Å². The highest BCUT2D eigenvalue weighted by Crippen LogP contribution is 2.30. The van der Waals surface area contributed by atoms with E-state index in [0.29, 0.717) is 5.69 Å². The van der Waals surface area contributed by atoms with Crippen molar-refractivity contribution in [2.45, 2.75) is 25.6 Å². The molecule has 7 nitrogen and oxygen atoms in total. The van der Waals surface area contributed by atoms with Gasteiger partial charge in [-0.05, 0) is 48.9 Å². The summed E-state index contributed by atoms with van der Waals surface area (Å²) in [6, 6.07) is 10.5. The van der Waals surface area contributed by atoms with Gasteiger partial charge in [0, 0.05) is 23.2 Å². The van der Waals surface area contributed by atoms with Gasteiger partial charge in [0.05, 0.1) is 12.4 Å². The van der Waals surface area contributed by atoms with Gasteiger partial charge >= 0.3 is 12.1 Å². The number of esters is 1. The summed E-state index contributed by atoms with van der Waals surface area (Å²) < 4.78 is 31.1. The minimum atomic E-state index is -1.03. The molecule has 31 heavy (non-hydrogen) atoms. The molecule has 0 aromatic heterocycles. The predicted molar refractivity (Wildman–Crippen MR) is 120 cm³/mol. The molecule has 2 atom stereocenters. The Morgan fingerprint density at radius 3 is 2.55 bits per heavy atom. The minimum absolute atomic E-state index is 0.00117. The second-order valence-corrected chi connectivity index (χ2v) is 7.56. The summed E-state index contributed by atoms with van der Waals surface area (Å²) in [5.41, 5.74) is 0.778. The molecule has 0 heterocycles. The smallest absolute Gasteiger partial charge is 0.412 e. The second kappa shape index (κ2) is 12.5. The van der Waals surface area contributed by atoms with Gasteiger partial charge in [0.15, 0.2) is 17.7 Å². The number of hydrogen-bond donors (Lipinski definition) is 3. The Labute approximate surface area is 193 Å². The van der Waals surface area contributed by atoms with E-state index in [4.69, 9.17) is 14.2 Å². The number of amides is 1. The highest BCUT2D eigenvalue weighted by molar-refractivity contribution is 9.10. The van der Waals surface area contributed by atoms with Crippen LogP contribution in [0, 0.1) is 5.82 Å². The molecule has 0 aliphatic carbocycles. The Balaban J connectivity index is 2.22. The summed E-state index contributed by atoms with van der Waals surface area (Å²) in [7, 11) is 0. The van der Waals surface area contributed by atoms with Crippen molar-refractivity contribution < 1.29 is 33.3 Å². The molecule has 0 unspecified atom stereocenters. The number of carbonyl (C=O) groups is 2. The number of ether oxygens (including phenoxy) is 3. The van der Waals surface area contributed by atoms with Crippen molar-refractivity contribution >= 4 is 46.3 Å². The highest BCUT2D eigenvalue weighted by Gasteiger charge is 2.29. The van der Waals surface area contributed by atoms with E-state index in [1.807, 2.05) is 0 Å². The molecule has 0 spiro atoms. The Kier molecular flexibility index (Phi) is 10.1. The van der Waals surface area contributed by atoms with Gasteiger partial charge in [-0.2, -0.15) is 12.6 Å². The van der Waals surface area contributed by atoms with Crippen LogP contribution >= 0.6 is 28.6 Å². The van der Waals surface area contributed by atoms with Gasteiger partial charge in [0.25, 0.3) is 0 Å². The lowest BCUT2D eigenvalue weighted by atomic mass is 10.0. The van der Waals surface area contributed by atoms with Crippen LogP contribution in [0.2, 0.25) is 0 Å². The molecule has 2 N–H and O–H groups in total. The normalized spacial score (nSPS) is 12.6. The molecule has 2 rings (SSSR count). The molecule has 0 bridgehead atoms. The SMILES string of the molecule is CCO[C@@H](CCOC(=O)CS)[C@@H](OC(=O)Nc1ccc(Br)cc1)c1ccc(O)c(F)c1. The van der Waals surface area contributed by atoms with Crippen molar-refractivity contribution in [1.82, 2.24) is 0 Å². The van der Waals surface area contributed by atoms with Crippen LogP contribution in [0.25, 0.3) is 0 Å². The minimum Gasteiger partial charge on any atom is -0.505 e. The number of aromatic hydroxyl groups is 1. The van der Waals surface area contributed by atoms with Crippen LogP contribution in [0.15, 0.2) is 46.9 Å². The van der Waals surface area contributed by atoms with Crippen LogP contribution in [0.3, 0.4) is 0 Å². The number of hydrogen-bond acceptors (Lipinski definition) is 7. The van der Waals surface area contributed by atoms with E-state index in [2.05, 4.69) is 33.9 Å². The first kappa shape index (κ1) is 25.0. The van der Waals surface area contributed by atoms with E-state index in [1.54, 1.807) is 31.2 Å². The summed E-state index contributed by atoms with van der Waals surface area (Å²) in [5, 5.41) is 12.1.